The molecular formula is C13H25N3O2S. The molecule has 0 spiro atoms. The highest BCUT2D eigenvalue weighted by Crippen LogP contribution is 2.19. The number of aryl methyl sites for hydroxylation is 1. The van der Waals surface area contributed by atoms with Gasteiger partial charge < -0.3 is 9.88 Å². The number of rotatable bonds is 8. The minimum absolute atomic E-state index is 0.394. The Morgan fingerprint density at radius 3 is 2.32 bits per heavy atom. The molecule has 0 unspecified atom stereocenters. The molecule has 0 radical (unpaired) electrons. The van der Waals surface area contributed by atoms with Crippen molar-refractivity contribution in [2.24, 2.45) is 0 Å². The van der Waals surface area contributed by atoms with Crippen molar-refractivity contribution < 1.29 is 8.42 Å². The molecular weight excluding hydrogens is 262 g/mol. The monoisotopic (exact) mass is 287 g/mol. The van der Waals surface area contributed by atoms with Crippen molar-refractivity contribution in [3.05, 3.63) is 18.0 Å². The molecule has 0 aliphatic rings. The summed E-state index contributed by atoms with van der Waals surface area (Å²) in [6.45, 7) is 11.1. The van der Waals surface area contributed by atoms with Crippen LogP contribution in [-0.4, -0.2) is 36.9 Å². The van der Waals surface area contributed by atoms with E-state index in [1.54, 1.807) is 12.3 Å². The number of nitrogens with one attached hydrogen (secondary N) is 1. The normalized spacial score (nSPS) is 12.3. The Morgan fingerprint density at radius 2 is 1.84 bits per heavy atom. The maximum atomic E-state index is 12.4. The van der Waals surface area contributed by atoms with E-state index >= 15 is 0 Å². The van der Waals surface area contributed by atoms with E-state index in [-0.39, 0.29) is 0 Å². The molecule has 0 amide bonds. The van der Waals surface area contributed by atoms with E-state index in [1.807, 2.05) is 32.3 Å². The number of aromatic nitrogens is 1. The standard InChI is InChI=1S/C13H25N3O2S/c1-5-14-10-12-9-13(11-15(12)6-2)19(17,18)16(7-3)8-4/h9,11,14H,5-8,10H2,1-4H3. The van der Waals surface area contributed by atoms with Crippen LogP contribution in [0.3, 0.4) is 0 Å². The lowest BCUT2D eigenvalue weighted by Gasteiger charge is -2.17. The van der Waals surface area contributed by atoms with Gasteiger partial charge in [0, 0.05) is 38.1 Å². The molecule has 1 heterocycles. The Kier molecular flexibility index (Phi) is 6.03. The zero-order chi connectivity index (χ0) is 14.5. The van der Waals surface area contributed by atoms with Crippen molar-refractivity contribution in [3.8, 4) is 0 Å². The van der Waals surface area contributed by atoms with Crippen LogP contribution in [0.1, 0.15) is 33.4 Å². The lowest BCUT2D eigenvalue weighted by molar-refractivity contribution is 0.445. The molecule has 19 heavy (non-hydrogen) atoms. The van der Waals surface area contributed by atoms with Gasteiger partial charge in [0.05, 0.1) is 0 Å². The molecule has 0 saturated heterocycles. The van der Waals surface area contributed by atoms with Gasteiger partial charge in [-0.25, -0.2) is 8.42 Å². The second-order valence-electron chi connectivity index (χ2n) is 4.32. The quantitative estimate of drug-likeness (QED) is 0.791. The van der Waals surface area contributed by atoms with Crippen LogP contribution < -0.4 is 5.32 Å². The Hall–Kier alpha value is -0.850. The van der Waals surface area contributed by atoms with Crippen LogP contribution in [0.25, 0.3) is 0 Å². The summed E-state index contributed by atoms with van der Waals surface area (Å²) >= 11 is 0. The first-order valence-corrected chi connectivity index (χ1v) is 8.35. The number of nitrogens with zero attached hydrogens (tertiary/aromatic N) is 2. The van der Waals surface area contributed by atoms with Crippen LogP contribution in [0.4, 0.5) is 0 Å². The first kappa shape index (κ1) is 16.2. The van der Waals surface area contributed by atoms with Crippen LogP contribution in [0, 0.1) is 0 Å². The van der Waals surface area contributed by atoms with Gasteiger partial charge in [0.1, 0.15) is 4.90 Å². The molecule has 0 aliphatic carbocycles. The zero-order valence-electron chi connectivity index (χ0n) is 12.3. The fraction of sp³-hybridized carbons (Fsp3) is 0.692. The summed E-state index contributed by atoms with van der Waals surface area (Å²) in [5.41, 5.74) is 1.01. The van der Waals surface area contributed by atoms with E-state index in [0.29, 0.717) is 24.5 Å². The molecule has 0 aromatic carbocycles. The highest BCUT2D eigenvalue weighted by molar-refractivity contribution is 7.89. The van der Waals surface area contributed by atoms with Crippen molar-refractivity contribution in [1.29, 1.82) is 0 Å². The summed E-state index contributed by atoms with van der Waals surface area (Å²) in [4.78, 5) is 0.394. The minimum atomic E-state index is -3.35. The summed E-state index contributed by atoms with van der Waals surface area (Å²) in [5, 5.41) is 3.23. The molecule has 110 valence electrons. The molecule has 1 aromatic rings. The third-order valence-electron chi connectivity index (χ3n) is 3.20. The molecule has 6 heteroatoms. The van der Waals surface area contributed by atoms with Crippen LogP contribution in [-0.2, 0) is 23.1 Å². The Morgan fingerprint density at radius 1 is 1.21 bits per heavy atom. The fourth-order valence-electron chi connectivity index (χ4n) is 2.07. The van der Waals surface area contributed by atoms with Crippen molar-refractivity contribution in [1.82, 2.24) is 14.2 Å². The second kappa shape index (κ2) is 7.07. The van der Waals surface area contributed by atoms with E-state index in [0.717, 1.165) is 18.8 Å². The van der Waals surface area contributed by atoms with Crippen LogP contribution in [0.15, 0.2) is 17.2 Å². The lowest BCUT2D eigenvalue weighted by Crippen LogP contribution is -2.30. The van der Waals surface area contributed by atoms with Crippen LogP contribution in [0.2, 0.25) is 0 Å². The Labute approximate surface area is 116 Å². The molecule has 1 N–H and O–H groups in total. The Bertz CT molecular complexity index is 490. The van der Waals surface area contributed by atoms with Gasteiger partial charge in [0.2, 0.25) is 10.0 Å². The van der Waals surface area contributed by atoms with Gasteiger partial charge in [-0.05, 0) is 19.5 Å². The van der Waals surface area contributed by atoms with Crippen molar-refractivity contribution in [2.45, 2.75) is 45.7 Å². The first-order chi connectivity index (χ1) is 9.01. The molecule has 1 aromatic heterocycles. The smallest absolute Gasteiger partial charge is 0.244 e. The second-order valence-corrected chi connectivity index (χ2v) is 6.26. The SMILES string of the molecule is CCNCc1cc(S(=O)(=O)N(CC)CC)cn1CC. The summed E-state index contributed by atoms with van der Waals surface area (Å²) in [7, 11) is -3.35. The number of hydrogen-bond acceptors (Lipinski definition) is 3. The fourth-order valence-corrected chi connectivity index (χ4v) is 3.60. The maximum absolute atomic E-state index is 12.4. The van der Waals surface area contributed by atoms with Crippen LogP contribution >= 0.6 is 0 Å². The summed E-state index contributed by atoms with van der Waals surface area (Å²) in [6, 6.07) is 1.78. The predicted molar refractivity (Wildman–Crippen MR) is 77.6 cm³/mol. The topological polar surface area (TPSA) is 54.3 Å². The highest BCUT2D eigenvalue weighted by atomic mass is 32.2. The van der Waals surface area contributed by atoms with Crippen molar-refractivity contribution in [3.63, 3.8) is 0 Å². The minimum Gasteiger partial charge on any atom is -0.349 e. The first-order valence-electron chi connectivity index (χ1n) is 6.91. The van der Waals surface area contributed by atoms with Gasteiger partial charge in [-0.15, -0.1) is 0 Å². The number of sulfonamides is 1. The zero-order valence-corrected chi connectivity index (χ0v) is 13.1. The summed E-state index contributed by atoms with van der Waals surface area (Å²) in [6.07, 6.45) is 1.74. The van der Waals surface area contributed by atoms with Gasteiger partial charge in [0.25, 0.3) is 0 Å². The third kappa shape index (κ3) is 3.58. The molecule has 0 saturated carbocycles. The lowest BCUT2D eigenvalue weighted by atomic mass is 10.4. The van der Waals surface area contributed by atoms with E-state index < -0.39 is 10.0 Å². The average molecular weight is 287 g/mol. The largest absolute Gasteiger partial charge is 0.349 e. The molecule has 5 nitrogen and oxygen atoms in total. The van der Waals surface area contributed by atoms with E-state index in [1.165, 1.54) is 4.31 Å². The predicted octanol–water partition coefficient (Wildman–Crippen LogP) is 1.65. The number of hydrogen-bond donors (Lipinski definition) is 1. The molecule has 0 atom stereocenters. The van der Waals surface area contributed by atoms with Gasteiger partial charge >= 0.3 is 0 Å². The van der Waals surface area contributed by atoms with Gasteiger partial charge in [0.15, 0.2) is 0 Å². The van der Waals surface area contributed by atoms with Gasteiger partial charge in [-0.2, -0.15) is 4.31 Å². The molecule has 0 fully saturated rings. The third-order valence-corrected chi connectivity index (χ3v) is 5.22. The van der Waals surface area contributed by atoms with E-state index in [2.05, 4.69) is 5.32 Å². The summed E-state index contributed by atoms with van der Waals surface area (Å²) in [5.74, 6) is 0. The van der Waals surface area contributed by atoms with E-state index in [4.69, 9.17) is 0 Å². The van der Waals surface area contributed by atoms with E-state index in [9.17, 15) is 8.42 Å². The molecule has 0 aliphatic heterocycles. The van der Waals surface area contributed by atoms with Gasteiger partial charge in [-0.3, -0.25) is 0 Å². The van der Waals surface area contributed by atoms with Gasteiger partial charge in [-0.1, -0.05) is 20.8 Å². The molecule has 1 rings (SSSR count). The van der Waals surface area contributed by atoms with Crippen molar-refractivity contribution in [2.75, 3.05) is 19.6 Å². The van der Waals surface area contributed by atoms with Crippen molar-refractivity contribution >= 4 is 10.0 Å². The summed E-state index contributed by atoms with van der Waals surface area (Å²) < 4.78 is 28.4. The Balaban J connectivity index is 3.10. The highest BCUT2D eigenvalue weighted by Gasteiger charge is 2.23. The van der Waals surface area contributed by atoms with Crippen LogP contribution in [0.5, 0.6) is 0 Å². The maximum Gasteiger partial charge on any atom is 0.244 e. The average Bonchev–Trinajstić information content (AvgIpc) is 2.81. The molecule has 0 bridgehead atoms.